The van der Waals surface area contributed by atoms with Crippen LogP contribution in [-0.2, 0) is 12.8 Å². The molecule has 0 amide bonds. The van der Waals surface area contributed by atoms with E-state index in [4.69, 9.17) is 0 Å². The van der Waals surface area contributed by atoms with Gasteiger partial charge in [-0.2, -0.15) is 0 Å². The maximum atomic E-state index is 13.6. The Kier molecular flexibility index (Phi) is 4.52. The highest BCUT2D eigenvalue weighted by atomic mass is 32.1. The third kappa shape index (κ3) is 3.04. The van der Waals surface area contributed by atoms with Crippen LogP contribution in [0.1, 0.15) is 46.6 Å². The van der Waals surface area contributed by atoms with E-state index in [0.717, 1.165) is 30.0 Å². The Bertz CT molecular complexity index is 632. The predicted molar refractivity (Wildman–Crippen MR) is 81.9 cm³/mol. The Labute approximate surface area is 132 Å². The van der Waals surface area contributed by atoms with Crippen molar-refractivity contribution in [2.45, 2.75) is 38.3 Å². The molecule has 0 fully saturated rings. The monoisotopic (exact) mass is 324 g/mol. The molecule has 0 saturated carbocycles. The van der Waals surface area contributed by atoms with Gasteiger partial charge in [-0.05, 0) is 38.3 Å². The summed E-state index contributed by atoms with van der Waals surface area (Å²) >= 11 is 1.68. The highest BCUT2D eigenvalue weighted by Crippen LogP contribution is 2.30. The standard InChI is InChI=1S/C16H18F2N2OS/c1-9(16-20-12-6-3-7-14(12)22-16)19-8-13(21)15-10(17)4-2-5-11(15)18/h2,4-5,9,13,19,21H,3,6-8H2,1H3. The Balaban J connectivity index is 1.64. The molecule has 0 bridgehead atoms. The van der Waals surface area contributed by atoms with Crippen molar-refractivity contribution in [3.8, 4) is 0 Å². The first kappa shape index (κ1) is 15.5. The number of thiazole rings is 1. The fraction of sp³-hybridized carbons (Fsp3) is 0.438. The van der Waals surface area contributed by atoms with Crippen LogP contribution in [0.25, 0.3) is 0 Å². The molecule has 0 saturated heterocycles. The van der Waals surface area contributed by atoms with Crippen LogP contribution < -0.4 is 5.32 Å². The molecule has 1 aliphatic carbocycles. The number of hydrogen-bond donors (Lipinski definition) is 2. The van der Waals surface area contributed by atoms with Gasteiger partial charge in [0.15, 0.2) is 0 Å². The third-order valence-electron chi connectivity index (χ3n) is 3.93. The van der Waals surface area contributed by atoms with Crippen LogP contribution in [-0.4, -0.2) is 16.6 Å². The second kappa shape index (κ2) is 6.40. The SMILES string of the molecule is CC(NCC(O)c1c(F)cccc1F)c1nc2c(s1)CCC2. The van der Waals surface area contributed by atoms with Crippen LogP contribution in [0.15, 0.2) is 18.2 Å². The number of hydrogen-bond acceptors (Lipinski definition) is 4. The van der Waals surface area contributed by atoms with Gasteiger partial charge in [-0.15, -0.1) is 11.3 Å². The Hall–Kier alpha value is -1.37. The molecular weight excluding hydrogens is 306 g/mol. The summed E-state index contributed by atoms with van der Waals surface area (Å²) in [6.07, 6.45) is 2.06. The molecule has 2 N–H and O–H groups in total. The first-order valence-corrected chi connectivity index (χ1v) is 8.21. The van der Waals surface area contributed by atoms with E-state index in [1.807, 2.05) is 6.92 Å². The number of fused-ring (bicyclic) bond motifs is 1. The second-order valence-corrected chi connectivity index (χ2v) is 6.67. The summed E-state index contributed by atoms with van der Waals surface area (Å²) < 4.78 is 27.2. The van der Waals surface area contributed by atoms with Gasteiger partial charge in [-0.25, -0.2) is 13.8 Å². The van der Waals surface area contributed by atoms with Crippen molar-refractivity contribution in [3.05, 3.63) is 51.0 Å². The lowest BCUT2D eigenvalue weighted by Gasteiger charge is -2.17. The van der Waals surface area contributed by atoms with Crippen LogP contribution in [0.3, 0.4) is 0 Å². The van der Waals surface area contributed by atoms with Crippen LogP contribution in [0.2, 0.25) is 0 Å². The molecule has 2 atom stereocenters. The van der Waals surface area contributed by atoms with E-state index in [-0.39, 0.29) is 18.2 Å². The van der Waals surface area contributed by atoms with Gasteiger partial charge in [0.2, 0.25) is 0 Å². The Morgan fingerprint density at radius 3 is 2.73 bits per heavy atom. The number of aryl methyl sites for hydroxylation is 2. The topological polar surface area (TPSA) is 45.1 Å². The molecular formula is C16H18F2N2OS. The number of aliphatic hydroxyl groups excluding tert-OH is 1. The van der Waals surface area contributed by atoms with Gasteiger partial charge < -0.3 is 10.4 Å². The number of aliphatic hydroxyl groups is 1. The normalized spacial score (nSPS) is 16.5. The number of nitrogens with one attached hydrogen (secondary N) is 1. The first-order chi connectivity index (χ1) is 10.6. The maximum Gasteiger partial charge on any atom is 0.131 e. The molecule has 1 heterocycles. The summed E-state index contributed by atoms with van der Waals surface area (Å²) in [5.41, 5.74) is 0.887. The highest BCUT2D eigenvalue weighted by Gasteiger charge is 2.22. The van der Waals surface area contributed by atoms with Crippen LogP contribution in [0.4, 0.5) is 8.78 Å². The first-order valence-electron chi connectivity index (χ1n) is 7.40. The molecule has 1 aliphatic rings. The number of rotatable bonds is 5. The molecule has 2 unspecified atom stereocenters. The summed E-state index contributed by atoms with van der Waals surface area (Å²) in [5, 5.41) is 14.1. The van der Waals surface area contributed by atoms with Crippen molar-refractivity contribution >= 4 is 11.3 Å². The van der Waals surface area contributed by atoms with E-state index in [1.165, 1.54) is 23.1 Å². The van der Waals surface area contributed by atoms with E-state index < -0.39 is 17.7 Å². The van der Waals surface area contributed by atoms with E-state index in [0.29, 0.717) is 0 Å². The fourth-order valence-corrected chi connectivity index (χ4v) is 3.88. The van der Waals surface area contributed by atoms with Crippen molar-refractivity contribution in [1.82, 2.24) is 10.3 Å². The zero-order chi connectivity index (χ0) is 15.7. The van der Waals surface area contributed by atoms with Gasteiger partial charge in [-0.1, -0.05) is 6.07 Å². The van der Waals surface area contributed by atoms with Crippen molar-refractivity contribution < 1.29 is 13.9 Å². The van der Waals surface area contributed by atoms with E-state index in [9.17, 15) is 13.9 Å². The average Bonchev–Trinajstić information content (AvgIpc) is 3.05. The molecule has 1 aromatic heterocycles. The molecule has 0 spiro atoms. The van der Waals surface area contributed by atoms with E-state index in [2.05, 4.69) is 10.3 Å². The summed E-state index contributed by atoms with van der Waals surface area (Å²) in [6.45, 7) is 2.02. The quantitative estimate of drug-likeness (QED) is 0.887. The number of benzene rings is 1. The van der Waals surface area contributed by atoms with Crippen molar-refractivity contribution in [3.63, 3.8) is 0 Å². The van der Waals surface area contributed by atoms with Gasteiger partial charge in [0.05, 0.1) is 23.4 Å². The average molecular weight is 324 g/mol. The Morgan fingerprint density at radius 1 is 1.32 bits per heavy atom. The Morgan fingerprint density at radius 2 is 2.05 bits per heavy atom. The van der Waals surface area contributed by atoms with Crippen LogP contribution in [0, 0.1) is 11.6 Å². The van der Waals surface area contributed by atoms with Crippen molar-refractivity contribution in [2.75, 3.05) is 6.54 Å². The second-order valence-electron chi connectivity index (χ2n) is 5.56. The van der Waals surface area contributed by atoms with Crippen LogP contribution >= 0.6 is 11.3 Å². The molecule has 118 valence electrons. The van der Waals surface area contributed by atoms with Crippen molar-refractivity contribution in [1.29, 1.82) is 0 Å². The van der Waals surface area contributed by atoms with Crippen molar-refractivity contribution in [2.24, 2.45) is 0 Å². The van der Waals surface area contributed by atoms with E-state index >= 15 is 0 Å². The minimum Gasteiger partial charge on any atom is -0.387 e. The maximum absolute atomic E-state index is 13.6. The minimum absolute atomic E-state index is 0.0555. The predicted octanol–water partition coefficient (Wildman–Crippen LogP) is 3.29. The number of nitrogens with zero attached hydrogens (tertiary/aromatic N) is 1. The van der Waals surface area contributed by atoms with Gasteiger partial charge in [0.1, 0.15) is 16.6 Å². The molecule has 6 heteroatoms. The smallest absolute Gasteiger partial charge is 0.131 e. The van der Waals surface area contributed by atoms with Crippen LogP contribution in [0.5, 0.6) is 0 Å². The van der Waals surface area contributed by atoms with E-state index in [1.54, 1.807) is 11.3 Å². The zero-order valence-corrected chi connectivity index (χ0v) is 13.1. The fourth-order valence-electron chi connectivity index (χ4n) is 2.70. The molecule has 3 rings (SSSR count). The lowest BCUT2D eigenvalue weighted by molar-refractivity contribution is 0.161. The summed E-state index contributed by atoms with van der Waals surface area (Å²) in [5.74, 6) is -1.45. The molecule has 0 radical (unpaired) electrons. The number of halogens is 2. The highest BCUT2D eigenvalue weighted by molar-refractivity contribution is 7.11. The minimum atomic E-state index is -1.23. The lowest BCUT2D eigenvalue weighted by atomic mass is 10.1. The largest absolute Gasteiger partial charge is 0.387 e. The van der Waals surface area contributed by atoms with Gasteiger partial charge in [-0.3, -0.25) is 0 Å². The summed E-state index contributed by atoms with van der Waals surface area (Å²) in [7, 11) is 0. The molecule has 22 heavy (non-hydrogen) atoms. The third-order valence-corrected chi connectivity index (χ3v) is 5.27. The molecule has 0 aliphatic heterocycles. The zero-order valence-electron chi connectivity index (χ0n) is 12.3. The summed E-state index contributed by atoms with van der Waals surface area (Å²) in [4.78, 5) is 5.94. The lowest BCUT2D eigenvalue weighted by Crippen LogP contribution is -2.25. The molecule has 1 aromatic carbocycles. The van der Waals surface area contributed by atoms with Gasteiger partial charge >= 0.3 is 0 Å². The van der Waals surface area contributed by atoms with Gasteiger partial charge in [0.25, 0.3) is 0 Å². The summed E-state index contributed by atoms with van der Waals surface area (Å²) in [6, 6.07) is 3.53. The molecule has 3 nitrogen and oxygen atoms in total. The molecule has 2 aromatic rings. The van der Waals surface area contributed by atoms with Gasteiger partial charge in [0, 0.05) is 11.4 Å². The number of aromatic nitrogens is 1.